The Morgan fingerprint density at radius 1 is 1.39 bits per heavy atom. The topological polar surface area (TPSA) is 73.2 Å². The number of nitrogens with one attached hydrogen (secondary N) is 1. The van der Waals surface area contributed by atoms with Gasteiger partial charge in [-0.3, -0.25) is 0 Å². The maximum Gasteiger partial charge on any atom is 0.244 e. The van der Waals surface area contributed by atoms with Gasteiger partial charge in [0.2, 0.25) is 10.0 Å². The lowest BCUT2D eigenvalue weighted by molar-refractivity contribution is 0.477. The maximum absolute atomic E-state index is 12.3. The molecule has 1 aromatic rings. The molecule has 1 N–H and O–H groups in total. The van der Waals surface area contributed by atoms with Crippen molar-refractivity contribution in [3.63, 3.8) is 0 Å². The van der Waals surface area contributed by atoms with Crippen molar-refractivity contribution in [2.24, 2.45) is 0 Å². The van der Waals surface area contributed by atoms with Crippen LogP contribution in [0.2, 0.25) is 0 Å². The molecule has 18 heavy (non-hydrogen) atoms. The van der Waals surface area contributed by atoms with Crippen molar-refractivity contribution in [2.45, 2.75) is 18.2 Å². The standard InChI is InChI=1S/C12H17N3O2S/c1-3-14-11-7-4-5-8-12(11)18(16,17)15(2)10-6-9-13/h4-5,7-8,14H,3,6,10H2,1-2H3. The molecule has 1 rings (SSSR count). The zero-order valence-corrected chi connectivity index (χ0v) is 11.4. The molecule has 0 bridgehead atoms. The van der Waals surface area contributed by atoms with Crippen LogP contribution >= 0.6 is 0 Å². The van der Waals surface area contributed by atoms with E-state index in [-0.39, 0.29) is 17.9 Å². The van der Waals surface area contributed by atoms with Crippen molar-refractivity contribution >= 4 is 15.7 Å². The van der Waals surface area contributed by atoms with Gasteiger partial charge in [0.05, 0.1) is 11.8 Å². The monoisotopic (exact) mass is 267 g/mol. The summed E-state index contributed by atoms with van der Waals surface area (Å²) in [6.07, 6.45) is 0.180. The molecule has 0 spiro atoms. The smallest absolute Gasteiger partial charge is 0.244 e. The highest BCUT2D eigenvalue weighted by Crippen LogP contribution is 2.23. The fraction of sp³-hybridized carbons (Fsp3) is 0.417. The third kappa shape index (κ3) is 3.22. The predicted octanol–water partition coefficient (Wildman–Crippen LogP) is 1.65. The summed E-state index contributed by atoms with van der Waals surface area (Å²) in [5.41, 5.74) is 0.587. The van der Waals surface area contributed by atoms with E-state index in [1.807, 2.05) is 13.0 Å². The minimum absolute atomic E-state index is 0.180. The Morgan fingerprint density at radius 2 is 2.06 bits per heavy atom. The largest absolute Gasteiger partial charge is 0.384 e. The quantitative estimate of drug-likeness (QED) is 0.850. The minimum Gasteiger partial charge on any atom is -0.384 e. The highest BCUT2D eigenvalue weighted by Gasteiger charge is 2.23. The van der Waals surface area contributed by atoms with Crippen LogP contribution in [0.4, 0.5) is 5.69 Å². The Kier molecular flexibility index (Phi) is 5.13. The first-order valence-corrected chi connectivity index (χ1v) is 7.14. The maximum atomic E-state index is 12.3. The van der Waals surface area contributed by atoms with Crippen LogP contribution in [0.3, 0.4) is 0 Å². The van der Waals surface area contributed by atoms with Gasteiger partial charge in [-0.25, -0.2) is 8.42 Å². The second kappa shape index (κ2) is 6.38. The minimum atomic E-state index is -3.54. The third-order valence-corrected chi connectivity index (χ3v) is 4.40. The third-order valence-electron chi connectivity index (χ3n) is 2.48. The molecule has 0 aliphatic heterocycles. The van der Waals surface area contributed by atoms with Crippen LogP contribution in [0.5, 0.6) is 0 Å². The Morgan fingerprint density at radius 3 is 2.67 bits per heavy atom. The number of anilines is 1. The van der Waals surface area contributed by atoms with E-state index in [2.05, 4.69) is 5.32 Å². The van der Waals surface area contributed by atoms with E-state index in [0.29, 0.717) is 12.2 Å². The van der Waals surface area contributed by atoms with Gasteiger partial charge in [0.1, 0.15) is 4.90 Å². The van der Waals surface area contributed by atoms with Gasteiger partial charge in [-0.2, -0.15) is 9.57 Å². The fourth-order valence-electron chi connectivity index (χ4n) is 1.52. The number of nitriles is 1. The second-order valence-corrected chi connectivity index (χ2v) is 5.77. The zero-order chi connectivity index (χ0) is 13.6. The molecule has 0 aliphatic carbocycles. The number of para-hydroxylation sites is 1. The number of benzene rings is 1. The Bertz CT molecular complexity index is 534. The molecule has 0 unspecified atom stereocenters. The summed E-state index contributed by atoms with van der Waals surface area (Å²) in [7, 11) is -2.06. The van der Waals surface area contributed by atoms with Crippen LogP contribution in [-0.4, -0.2) is 32.9 Å². The van der Waals surface area contributed by atoms with Crippen molar-refractivity contribution in [3.05, 3.63) is 24.3 Å². The molecule has 0 aromatic heterocycles. The molecule has 0 amide bonds. The summed E-state index contributed by atoms with van der Waals surface area (Å²) in [5.74, 6) is 0. The van der Waals surface area contributed by atoms with Gasteiger partial charge < -0.3 is 5.32 Å². The van der Waals surface area contributed by atoms with Crippen molar-refractivity contribution < 1.29 is 8.42 Å². The van der Waals surface area contributed by atoms with Gasteiger partial charge in [-0.1, -0.05) is 12.1 Å². The Balaban J connectivity index is 3.08. The first kappa shape index (κ1) is 14.5. The summed E-state index contributed by atoms with van der Waals surface area (Å²) >= 11 is 0. The van der Waals surface area contributed by atoms with E-state index in [4.69, 9.17) is 5.26 Å². The van der Waals surface area contributed by atoms with Crippen LogP contribution in [0.25, 0.3) is 0 Å². The van der Waals surface area contributed by atoms with E-state index in [0.717, 1.165) is 0 Å². The van der Waals surface area contributed by atoms with E-state index < -0.39 is 10.0 Å². The number of nitrogens with zero attached hydrogens (tertiary/aromatic N) is 2. The molecular formula is C12H17N3O2S. The fourth-order valence-corrected chi connectivity index (χ4v) is 2.86. The highest BCUT2D eigenvalue weighted by atomic mass is 32.2. The summed E-state index contributed by atoms with van der Waals surface area (Å²) in [6, 6.07) is 8.71. The summed E-state index contributed by atoms with van der Waals surface area (Å²) in [5, 5.41) is 11.5. The van der Waals surface area contributed by atoms with Crippen LogP contribution in [0, 0.1) is 11.3 Å². The Labute approximate surface area is 108 Å². The van der Waals surface area contributed by atoms with Crippen molar-refractivity contribution in [1.29, 1.82) is 5.26 Å². The lowest BCUT2D eigenvalue weighted by Crippen LogP contribution is -2.28. The summed E-state index contributed by atoms with van der Waals surface area (Å²) in [4.78, 5) is 0.243. The van der Waals surface area contributed by atoms with Crippen LogP contribution in [0.1, 0.15) is 13.3 Å². The van der Waals surface area contributed by atoms with Crippen LogP contribution < -0.4 is 5.32 Å². The van der Waals surface area contributed by atoms with Crippen molar-refractivity contribution in [2.75, 3.05) is 25.5 Å². The second-order valence-electron chi connectivity index (χ2n) is 3.76. The molecule has 5 nitrogen and oxygen atoms in total. The first-order valence-electron chi connectivity index (χ1n) is 5.70. The van der Waals surface area contributed by atoms with Crippen LogP contribution in [0.15, 0.2) is 29.2 Å². The molecule has 1 aromatic carbocycles. The SMILES string of the molecule is CCNc1ccccc1S(=O)(=O)N(C)CCC#N. The lowest BCUT2D eigenvalue weighted by Gasteiger charge is -2.18. The first-order chi connectivity index (χ1) is 8.54. The number of rotatable bonds is 6. The Hall–Kier alpha value is -1.58. The van der Waals surface area contributed by atoms with Gasteiger partial charge in [0.25, 0.3) is 0 Å². The van der Waals surface area contributed by atoms with Gasteiger partial charge >= 0.3 is 0 Å². The molecule has 0 saturated heterocycles. The van der Waals surface area contributed by atoms with Crippen molar-refractivity contribution in [3.8, 4) is 6.07 Å². The van der Waals surface area contributed by atoms with Gasteiger partial charge in [-0.15, -0.1) is 0 Å². The van der Waals surface area contributed by atoms with Crippen LogP contribution in [-0.2, 0) is 10.0 Å². The molecule has 0 fully saturated rings. The van der Waals surface area contributed by atoms with Gasteiger partial charge in [0.15, 0.2) is 0 Å². The zero-order valence-electron chi connectivity index (χ0n) is 10.5. The average Bonchev–Trinajstić information content (AvgIpc) is 2.36. The lowest BCUT2D eigenvalue weighted by atomic mass is 10.3. The van der Waals surface area contributed by atoms with Crippen molar-refractivity contribution in [1.82, 2.24) is 4.31 Å². The van der Waals surface area contributed by atoms with Gasteiger partial charge in [-0.05, 0) is 19.1 Å². The molecule has 0 heterocycles. The molecule has 0 atom stereocenters. The molecule has 0 aliphatic rings. The van der Waals surface area contributed by atoms with E-state index in [1.54, 1.807) is 24.3 Å². The summed E-state index contributed by atoms with van der Waals surface area (Å²) < 4.78 is 25.8. The molecule has 0 saturated carbocycles. The highest BCUT2D eigenvalue weighted by molar-refractivity contribution is 7.89. The van der Waals surface area contributed by atoms with Gasteiger partial charge in [0, 0.05) is 26.6 Å². The average molecular weight is 267 g/mol. The normalized spacial score (nSPS) is 11.2. The number of hydrogen-bond acceptors (Lipinski definition) is 4. The van der Waals surface area contributed by atoms with E-state index in [9.17, 15) is 8.42 Å². The van der Waals surface area contributed by atoms with E-state index >= 15 is 0 Å². The molecule has 0 radical (unpaired) electrons. The number of hydrogen-bond donors (Lipinski definition) is 1. The number of sulfonamides is 1. The summed E-state index contributed by atoms with van der Waals surface area (Å²) in [6.45, 7) is 2.75. The predicted molar refractivity (Wildman–Crippen MR) is 70.7 cm³/mol. The molecule has 98 valence electrons. The van der Waals surface area contributed by atoms with E-state index in [1.165, 1.54) is 11.4 Å². The molecule has 6 heteroatoms. The molecular weight excluding hydrogens is 250 g/mol.